The fraction of sp³-hybridized carbons (Fsp3) is 0.656. The maximum atomic E-state index is 11.8. The molecule has 0 aromatic heterocycles. The van der Waals surface area contributed by atoms with Gasteiger partial charge in [0, 0.05) is 76.0 Å². The molecule has 8 fully saturated rings. The Bertz CT molecular complexity index is 2680. The number of fused-ring (bicyclic) bond motifs is 4. The van der Waals surface area contributed by atoms with Gasteiger partial charge in [-0.3, -0.25) is 43.2 Å². The van der Waals surface area contributed by atoms with Crippen LogP contribution in [0.15, 0.2) is 49.0 Å². The first-order chi connectivity index (χ1) is 47.5. The first-order valence-electron chi connectivity index (χ1n) is 32.0. The molecule has 8 aliphatic rings. The maximum absolute atomic E-state index is 11.8. The minimum atomic E-state index is -1.27. The number of ketones is 2. The van der Waals surface area contributed by atoms with Gasteiger partial charge in [0.25, 0.3) is 0 Å². The molecule has 8 aliphatic heterocycles. The number of allylic oxidation sites excluding steroid dienone is 2. The summed E-state index contributed by atoms with van der Waals surface area (Å²) in [4.78, 5) is 157. The molecule has 100 heavy (non-hydrogen) atoms. The topological polar surface area (TPSA) is 508 Å². The number of hydrogen-bond donors (Lipinski definition) is 6. The van der Waals surface area contributed by atoms with Crippen molar-refractivity contribution >= 4 is 83.2 Å². The highest BCUT2D eigenvalue weighted by molar-refractivity contribution is 5.91. The molecule has 0 unspecified atom stereocenters. The monoisotopic (exact) mass is 1430 g/mol. The molecular formula is C64H84O36. The predicted molar refractivity (Wildman–Crippen MR) is 325 cm³/mol. The number of hydrogen-bond acceptors (Lipinski definition) is 32. The number of esters is 8. The lowest BCUT2D eigenvalue weighted by atomic mass is 10.1. The third-order valence-electron chi connectivity index (χ3n) is 15.4. The van der Waals surface area contributed by atoms with Gasteiger partial charge >= 0.3 is 71.6 Å². The third kappa shape index (κ3) is 28.8. The van der Waals surface area contributed by atoms with Gasteiger partial charge in [-0.1, -0.05) is 13.2 Å². The second-order valence-corrected chi connectivity index (χ2v) is 23.6. The Balaban J connectivity index is 0.000000241. The van der Waals surface area contributed by atoms with Crippen molar-refractivity contribution in [3.05, 3.63) is 49.0 Å². The number of carboxylic acids is 4. The van der Waals surface area contributed by atoms with E-state index < -0.39 is 169 Å². The lowest BCUT2D eigenvalue weighted by Crippen LogP contribution is -2.36. The van der Waals surface area contributed by atoms with Gasteiger partial charge in [0.15, 0.2) is 48.8 Å². The zero-order valence-corrected chi connectivity index (χ0v) is 54.9. The lowest BCUT2D eigenvalue weighted by molar-refractivity contribution is -0.157. The van der Waals surface area contributed by atoms with Crippen molar-refractivity contribution in [2.75, 3.05) is 52.9 Å². The minimum Gasteiger partial charge on any atom is -0.513 e. The predicted octanol–water partition coefficient (Wildman–Crippen LogP) is 1.44. The molecule has 0 aromatic carbocycles. The van der Waals surface area contributed by atoms with Gasteiger partial charge in [0.1, 0.15) is 66.2 Å². The van der Waals surface area contributed by atoms with Crippen LogP contribution in [0.4, 0.5) is 0 Å². The molecule has 0 bridgehead atoms. The SMILES string of the molecule is C=C(O)C=CC(=O)O[C@@H]1CO[C@H]2[C@@H]1OC[C@H]2OC(=O)C=CC(=O)O.C=C(O)CCC(=O)O[C@H]1CO[C@H]2[C@@H]1OC[C@@H]2OC(=O)CCC(=O)O.CC(=O)CCCC(=O)O[C@@H]1CO[C@H]2[C@@H]1OC[C@H]2OC(=O)CCCC(=O)O.CC(=O)CCCC(=O)O[C@H]1CO[C@H]2[C@@H]1OC[C@@H]2OC(=O)CCCC(=O)O. The molecule has 0 saturated carbocycles. The van der Waals surface area contributed by atoms with Gasteiger partial charge in [-0.25, -0.2) is 14.4 Å². The standard InChI is InChI=1S/2C17H24O9.C15H20O9.C15H16O9/c2*1-10(18)4-2-6-14(21)25-11-8-23-17-12(9-24-16(11)17)26-15(22)7-3-5-13(19)20;2*1-8(16)2-4-12(19)23-9-6-21-15-10(7-22-14(9)15)24-13(20)5-3-11(17)18/h2*11-12,16-17H,2-9H2,1H3,(H,19,20);9-10,14-16H,1-7H2,(H,17,18);2-5,9-10,14-16H,1,6-7H2,(H,17,18)/t11-,12-,16+,17+;11-,12-,16-,17-;9-,10-,14+,15+;9-,10-,14-,15-/m0101/s1. The van der Waals surface area contributed by atoms with Gasteiger partial charge in [-0.2, -0.15) is 0 Å². The molecule has 0 amide bonds. The van der Waals surface area contributed by atoms with Gasteiger partial charge in [0.2, 0.25) is 0 Å². The summed E-state index contributed by atoms with van der Waals surface area (Å²) < 4.78 is 86.0. The van der Waals surface area contributed by atoms with E-state index in [-0.39, 0.29) is 153 Å². The summed E-state index contributed by atoms with van der Waals surface area (Å²) in [6, 6.07) is 0. The van der Waals surface area contributed by atoms with Crippen molar-refractivity contribution in [3.63, 3.8) is 0 Å². The van der Waals surface area contributed by atoms with Crippen molar-refractivity contribution < 1.29 is 174 Å². The highest BCUT2D eigenvalue weighted by Gasteiger charge is 2.54. The van der Waals surface area contributed by atoms with E-state index in [1.807, 2.05) is 0 Å². The van der Waals surface area contributed by atoms with Crippen molar-refractivity contribution in [3.8, 4) is 0 Å². The quantitative estimate of drug-likeness (QED) is 0.0174. The second-order valence-electron chi connectivity index (χ2n) is 23.6. The summed E-state index contributed by atoms with van der Waals surface area (Å²) in [5.41, 5.74) is 0. The molecule has 0 aromatic rings. The van der Waals surface area contributed by atoms with E-state index >= 15 is 0 Å². The Morgan fingerprint density at radius 3 is 0.760 bits per heavy atom. The first kappa shape index (κ1) is 81.9. The van der Waals surface area contributed by atoms with Gasteiger partial charge < -0.3 is 116 Å². The summed E-state index contributed by atoms with van der Waals surface area (Å²) in [6.07, 6.45) is -4.11. The molecule has 36 nitrogen and oxygen atoms in total. The van der Waals surface area contributed by atoms with Crippen LogP contribution in [0, 0.1) is 0 Å². The molecule has 36 heteroatoms. The zero-order chi connectivity index (χ0) is 73.6. The van der Waals surface area contributed by atoms with Crippen LogP contribution in [0.5, 0.6) is 0 Å². The summed E-state index contributed by atoms with van der Waals surface area (Å²) in [7, 11) is 0. The van der Waals surface area contributed by atoms with Crippen molar-refractivity contribution in [2.45, 2.75) is 214 Å². The average molecular weight is 1430 g/mol. The minimum absolute atomic E-state index is 0.00315. The normalized spacial score (nSPS) is 27.7. The van der Waals surface area contributed by atoms with E-state index in [1.165, 1.54) is 13.8 Å². The fourth-order valence-electron chi connectivity index (χ4n) is 10.8. The molecule has 0 radical (unpaired) electrons. The maximum Gasteiger partial charge on any atom is 0.331 e. The van der Waals surface area contributed by atoms with E-state index in [1.54, 1.807) is 0 Å². The van der Waals surface area contributed by atoms with Crippen LogP contribution in [-0.4, -0.2) is 264 Å². The van der Waals surface area contributed by atoms with E-state index in [2.05, 4.69) is 13.2 Å². The Hall–Kier alpha value is -8.78. The Kier molecular flexibility index (Phi) is 34.2. The number of carboxylic acid groups (broad SMARTS) is 4. The molecular weight excluding hydrogens is 1340 g/mol. The summed E-state index contributed by atoms with van der Waals surface area (Å²) >= 11 is 0. The van der Waals surface area contributed by atoms with Crippen LogP contribution in [0.2, 0.25) is 0 Å². The van der Waals surface area contributed by atoms with Crippen molar-refractivity contribution in [2.24, 2.45) is 0 Å². The van der Waals surface area contributed by atoms with Crippen LogP contribution in [-0.2, 0) is 143 Å². The highest BCUT2D eigenvalue weighted by atomic mass is 16.7. The molecule has 0 spiro atoms. The summed E-state index contributed by atoms with van der Waals surface area (Å²) in [5.74, 6) is -9.15. The second kappa shape index (κ2) is 41.7. The van der Waals surface area contributed by atoms with E-state index in [0.717, 1.165) is 18.2 Å². The van der Waals surface area contributed by atoms with Crippen LogP contribution in [0.1, 0.15) is 117 Å². The molecule has 8 heterocycles. The van der Waals surface area contributed by atoms with Crippen LogP contribution < -0.4 is 0 Å². The number of Topliss-reactive ketones (excluding diaryl/α,β-unsaturated/α-hetero) is 2. The zero-order valence-electron chi connectivity index (χ0n) is 54.9. The molecule has 16 atom stereocenters. The average Bonchev–Trinajstić information content (AvgIpc) is 1.68. The van der Waals surface area contributed by atoms with Crippen LogP contribution in [0.25, 0.3) is 0 Å². The molecule has 8 rings (SSSR count). The summed E-state index contributed by atoms with van der Waals surface area (Å²) in [5, 5.41) is 52.0. The fourth-order valence-corrected chi connectivity index (χ4v) is 10.8. The largest absolute Gasteiger partial charge is 0.513 e. The van der Waals surface area contributed by atoms with Crippen molar-refractivity contribution in [1.29, 1.82) is 0 Å². The number of aliphatic hydroxyl groups is 2. The first-order valence-corrected chi connectivity index (χ1v) is 32.0. The number of aliphatic hydroxyl groups excluding tert-OH is 2. The lowest BCUT2D eigenvalue weighted by Gasteiger charge is -2.17. The van der Waals surface area contributed by atoms with E-state index in [4.69, 9.17) is 106 Å². The number of carbonyl (C=O) groups excluding carboxylic acids is 10. The highest BCUT2D eigenvalue weighted by Crippen LogP contribution is 2.35. The Morgan fingerprint density at radius 1 is 0.300 bits per heavy atom. The number of aliphatic carboxylic acids is 4. The number of rotatable bonds is 34. The van der Waals surface area contributed by atoms with Crippen LogP contribution >= 0.6 is 0 Å². The van der Waals surface area contributed by atoms with Gasteiger partial charge in [-0.05, 0) is 45.6 Å². The molecule has 0 aliphatic carbocycles. The Morgan fingerprint density at radius 2 is 0.530 bits per heavy atom. The van der Waals surface area contributed by atoms with Gasteiger partial charge in [0.05, 0.1) is 77.9 Å². The van der Waals surface area contributed by atoms with E-state index in [0.29, 0.717) is 31.8 Å². The number of carbonyl (C=O) groups is 14. The van der Waals surface area contributed by atoms with Gasteiger partial charge in [-0.15, -0.1) is 0 Å². The summed E-state index contributed by atoms with van der Waals surface area (Å²) in [6.45, 7) is 10.3. The number of ether oxygens (including phenoxy) is 16. The Labute approximate surface area is 571 Å². The molecule has 8 saturated heterocycles. The van der Waals surface area contributed by atoms with Crippen LogP contribution in [0.3, 0.4) is 0 Å². The third-order valence-corrected chi connectivity index (χ3v) is 15.4. The van der Waals surface area contributed by atoms with Crippen molar-refractivity contribution in [1.82, 2.24) is 0 Å². The molecule has 6 N–H and O–H groups in total. The smallest absolute Gasteiger partial charge is 0.331 e. The molecule has 556 valence electrons. The van der Waals surface area contributed by atoms with E-state index in [9.17, 15) is 67.1 Å².